The fourth-order valence-electron chi connectivity index (χ4n) is 5.38. The number of nitrogens with zero attached hydrogens (tertiary/aromatic N) is 2. The van der Waals surface area contributed by atoms with Crippen LogP contribution in [-0.2, 0) is 16.1 Å². The molecule has 1 aromatic heterocycles. The first-order valence-corrected chi connectivity index (χ1v) is 17.5. The van der Waals surface area contributed by atoms with Crippen molar-refractivity contribution in [3.63, 3.8) is 0 Å². The fraction of sp³-hybridized carbons (Fsp3) is 0.306. The number of benzene rings is 3. The molecule has 0 saturated heterocycles. The van der Waals surface area contributed by atoms with E-state index in [1.807, 2.05) is 61.5 Å². The normalized spacial score (nSPS) is 14.7. The summed E-state index contributed by atoms with van der Waals surface area (Å²) in [5.74, 6) is 1.03. The van der Waals surface area contributed by atoms with Crippen LogP contribution in [0.5, 0.6) is 11.5 Å². The highest BCUT2D eigenvalue weighted by atomic mass is 127. The second-order valence-electron chi connectivity index (χ2n) is 11.1. The van der Waals surface area contributed by atoms with E-state index < -0.39 is 12.0 Å². The van der Waals surface area contributed by atoms with Crippen molar-refractivity contribution in [1.29, 1.82) is 0 Å². The van der Waals surface area contributed by atoms with Gasteiger partial charge < -0.3 is 14.2 Å². The average Bonchev–Trinajstić information content (AvgIpc) is 3.34. The smallest absolute Gasteiger partial charge is 0.338 e. The molecule has 3 aromatic carbocycles. The molecule has 0 amide bonds. The number of carbonyl (C=O) groups excluding carboxylic acids is 1. The summed E-state index contributed by atoms with van der Waals surface area (Å²) < 4.78 is 20.3. The van der Waals surface area contributed by atoms with Gasteiger partial charge in [-0.2, -0.15) is 0 Å². The number of hydrogen-bond acceptors (Lipinski definition) is 7. The third-order valence-corrected chi connectivity index (χ3v) is 9.84. The lowest BCUT2D eigenvalue weighted by Gasteiger charge is -2.26. The highest BCUT2D eigenvalue weighted by Crippen LogP contribution is 2.36. The van der Waals surface area contributed by atoms with Crippen LogP contribution in [0.15, 0.2) is 81.7 Å². The van der Waals surface area contributed by atoms with E-state index in [2.05, 4.69) is 48.6 Å². The lowest BCUT2D eigenvalue weighted by Crippen LogP contribution is -2.40. The van der Waals surface area contributed by atoms with E-state index in [0.717, 1.165) is 26.7 Å². The van der Waals surface area contributed by atoms with Gasteiger partial charge in [0.1, 0.15) is 6.61 Å². The Morgan fingerprint density at radius 2 is 1.87 bits per heavy atom. The lowest BCUT2D eigenvalue weighted by atomic mass is 9.92. The summed E-state index contributed by atoms with van der Waals surface area (Å²) >= 11 is 9.84. The van der Waals surface area contributed by atoms with Gasteiger partial charge in [0.05, 0.1) is 39.1 Å². The molecule has 5 rings (SSSR count). The van der Waals surface area contributed by atoms with Crippen molar-refractivity contribution in [3.8, 4) is 11.5 Å². The minimum absolute atomic E-state index is 0.226. The van der Waals surface area contributed by atoms with Crippen molar-refractivity contribution in [2.45, 2.75) is 59.1 Å². The van der Waals surface area contributed by atoms with Gasteiger partial charge in [0.2, 0.25) is 0 Å². The quantitative estimate of drug-likeness (QED) is 0.116. The highest BCUT2D eigenvalue weighted by Gasteiger charge is 2.34. The maximum absolute atomic E-state index is 14.2. The third kappa shape index (κ3) is 7.11. The van der Waals surface area contributed by atoms with Crippen LogP contribution >= 0.6 is 45.5 Å². The van der Waals surface area contributed by atoms with Crippen LogP contribution in [0.2, 0.25) is 5.02 Å². The van der Waals surface area contributed by atoms with Crippen molar-refractivity contribution >= 4 is 57.6 Å². The van der Waals surface area contributed by atoms with Crippen LogP contribution in [-0.4, -0.2) is 24.3 Å². The maximum atomic E-state index is 14.2. The van der Waals surface area contributed by atoms with E-state index in [0.29, 0.717) is 49.5 Å². The van der Waals surface area contributed by atoms with Crippen molar-refractivity contribution in [2.24, 2.45) is 4.99 Å². The second kappa shape index (κ2) is 15.0. The van der Waals surface area contributed by atoms with Crippen molar-refractivity contribution in [2.75, 3.05) is 13.7 Å². The standard InChI is InChI=1S/C36H36ClIN2O5S/c1-6-10-28-31(35(42)44-7-2)32(24-15-13-23(14-16-24)21(3)4)40-34(41)30(46-36(40)39-28)19-22-17-27(38)33(29(18-22)43-5)45-20-25-11-8-9-12-26(25)37/h8-9,11-19,21,32H,6-7,10,20H2,1-5H3/b30-19-/t32-/m1/s1. The van der Waals surface area contributed by atoms with Gasteiger partial charge in [-0.1, -0.05) is 92.6 Å². The summed E-state index contributed by atoms with van der Waals surface area (Å²) in [6.07, 6.45) is 3.21. The minimum atomic E-state index is -0.657. The predicted molar refractivity (Wildman–Crippen MR) is 192 cm³/mol. The average molecular weight is 771 g/mol. The van der Waals surface area contributed by atoms with Crippen LogP contribution in [0.1, 0.15) is 74.8 Å². The zero-order chi connectivity index (χ0) is 33.0. The van der Waals surface area contributed by atoms with Crippen LogP contribution < -0.4 is 24.4 Å². The summed E-state index contributed by atoms with van der Waals surface area (Å²) in [4.78, 5) is 33.1. The van der Waals surface area contributed by atoms with E-state index in [4.69, 9.17) is 30.8 Å². The molecule has 0 aliphatic carbocycles. The molecule has 46 heavy (non-hydrogen) atoms. The van der Waals surface area contributed by atoms with Gasteiger partial charge >= 0.3 is 5.97 Å². The molecule has 7 nitrogen and oxygen atoms in total. The number of esters is 1. The Labute approximate surface area is 291 Å². The molecular formula is C36H36ClIN2O5S. The number of carbonyl (C=O) groups is 1. The first-order chi connectivity index (χ1) is 22.2. The van der Waals surface area contributed by atoms with E-state index in [1.165, 1.54) is 16.9 Å². The molecule has 0 N–H and O–H groups in total. The molecule has 0 unspecified atom stereocenters. The molecule has 1 atom stereocenters. The van der Waals surface area contributed by atoms with E-state index in [-0.39, 0.29) is 18.8 Å². The summed E-state index contributed by atoms with van der Waals surface area (Å²) in [6.45, 7) is 8.60. The molecule has 0 bridgehead atoms. The zero-order valence-electron chi connectivity index (χ0n) is 26.4. The second-order valence-corrected chi connectivity index (χ2v) is 13.7. The van der Waals surface area contributed by atoms with Crippen LogP contribution in [0.25, 0.3) is 6.08 Å². The third-order valence-electron chi connectivity index (χ3n) is 7.69. The number of hydrogen-bond donors (Lipinski definition) is 0. The van der Waals surface area contributed by atoms with Gasteiger partial charge in [-0.15, -0.1) is 0 Å². The Bertz CT molecular complexity index is 1960. The molecule has 1 aliphatic rings. The summed E-state index contributed by atoms with van der Waals surface area (Å²) in [5.41, 5.74) is 4.48. The van der Waals surface area contributed by atoms with E-state index in [1.54, 1.807) is 18.6 Å². The summed E-state index contributed by atoms with van der Waals surface area (Å²) in [7, 11) is 1.59. The van der Waals surface area contributed by atoms with Crippen LogP contribution in [0.4, 0.5) is 0 Å². The molecule has 2 heterocycles. The Hall–Kier alpha value is -3.41. The Balaban J connectivity index is 1.61. The van der Waals surface area contributed by atoms with Gasteiger partial charge in [0.25, 0.3) is 5.56 Å². The molecule has 0 fully saturated rings. The Morgan fingerprint density at radius 3 is 2.52 bits per heavy atom. The number of rotatable bonds is 11. The monoisotopic (exact) mass is 770 g/mol. The van der Waals surface area contributed by atoms with Gasteiger partial charge in [0.15, 0.2) is 16.3 Å². The van der Waals surface area contributed by atoms with Gasteiger partial charge in [-0.25, -0.2) is 9.79 Å². The van der Waals surface area contributed by atoms with E-state index in [9.17, 15) is 9.59 Å². The van der Waals surface area contributed by atoms with Gasteiger partial charge in [-0.05, 0) is 82.8 Å². The van der Waals surface area contributed by atoms with E-state index >= 15 is 0 Å². The van der Waals surface area contributed by atoms with Crippen LogP contribution in [0.3, 0.4) is 0 Å². The van der Waals surface area contributed by atoms with Crippen molar-refractivity contribution < 1.29 is 19.0 Å². The first-order valence-electron chi connectivity index (χ1n) is 15.2. The molecule has 0 spiro atoms. The minimum Gasteiger partial charge on any atom is -0.493 e. The Kier molecular flexibility index (Phi) is 11.1. The number of halogens is 2. The largest absolute Gasteiger partial charge is 0.493 e. The van der Waals surface area contributed by atoms with Gasteiger partial charge in [-0.3, -0.25) is 9.36 Å². The van der Waals surface area contributed by atoms with Crippen molar-refractivity contribution in [3.05, 3.63) is 122 Å². The molecule has 0 radical (unpaired) electrons. The summed E-state index contributed by atoms with van der Waals surface area (Å²) in [5, 5.41) is 0.630. The number of fused-ring (bicyclic) bond motifs is 1. The number of allylic oxidation sites excluding steroid dienone is 1. The number of aromatic nitrogens is 1. The number of ether oxygens (including phenoxy) is 3. The predicted octanol–water partition coefficient (Wildman–Crippen LogP) is 7.55. The zero-order valence-corrected chi connectivity index (χ0v) is 30.2. The number of thiazole rings is 1. The molecule has 240 valence electrons. The molecule has 10 heteroatoms. The molecule has 1 aliphatic heterocycles. The SMILES string of the molecule is CCCC1=C(C(=O)OCC)[C@@H](c2ccc(C(C)C)cc2)n2c(s/c(=C\c3cc(I)c(OCc4ccccc4Cl)c(OC)c3)c2=O)=N1. The topological polar surface area (TPSA) is 79.1 Å². The molecular weight excluding hydrogens is 735 g/mol. The first kappa shape index (κ1) is 33.9. The van der Waals surface area contributed by atoms with Crippen LogP contribution in [0, 0.1) is 3.57 Å². The highest BCUT2D eigenvalue weighted by molar-refractivity contribution is 14.1. The lowest BCUT2D eigenvalue weighted by molar-refractivity contribution is -0.139. The number of methoxy groups -OCH3 is 1. The molecule has 0 saturated carbocycles. The fourth-order valence-corrected chi connectivity index (χ4v) is 7.37. The molecule has 4 aromatic rings. The Morgan fingerprint density at radius 1 is 1.13 bits per heavy atom. The maximum Gasteiger partial charge on any atom is 0.338 e. The van der Waals surface area contributed by atoms with Gasteiger partial charge in [0, 0.05) is 10.6 Å². The van der Waals surface area contributed by atoms with Crippen molar-refractivity contribution in [1.82, 2.24) is 4.57 Å². The summed E-state index contributed by atoms with van der Waals surface area (Å²) in [6, 6.07) is 18.8.